The monoisotopic (exact) mass is 851 g/mol. The van der Waals surface area contributed by atoms with Crippen LogP contribution in [0.25, 0.3) is 6.08 Å². The maximum Gasteiger partial charge on any atom is 0.354 e. The first-order valence-corrected chi connectivity index (χ1v) is 22.0. The molecule has 1 aromatic carbocycles. The summed E-state index contributed by atoms with van der Waals surface area (Å²) < 4.78 is 23.1. The average Bonchev–Trinajstić information content (AvgIpc) is 3.44. The Labute approximate surface area is 360 Å². The third-order valence-electron chi connectivity index (χ3n) is 15.9. The van der Waals surface area contributed by atoms with Crippen LogP contribution in [-0.4, -0.2) is 93.3 Å². The zero-order valence-corrected chi connectivity index (χ0v) is 37.7. The highest BCUT2D eigenvalue weighted by molar-refractivity contribution is 5.98. The molecule has 1 saturated heterocycles. The van der Waals surface area contributed by atoms with E-state index in [9.17, 15) is 39.6 Å². The smallest absolute Gasteiger partial charge is 0.354 e. The fraction of sp³-hybridized carbons (Fsp3) is 0.708. The minimum atomic E-state index is -1.86. The summed E-state index contributed by atoms with van der Waals surface area (Å²) >= 11 is 0. The van der Waals surface area contributed by atoms with Crippen LogP contribution in [0.3, 0.4) is 0 Å². The van der Waals surface area contributed by atoms with Crippen molar-refractivity contribution >= 4 is 29.9 Å². The molecule has 12 atom stereocenters. The van der Waals surface area contributed by atoms with Gasteiger partial charge in [0, 0.05) is 23.7 Å². The van der Waals surface area contributed by atoms with Crippen LogP contribution in [0, 0.1) is 39.4 Å². The molecule has 1 aromatic rings. The normalized spacial score (nSPS) is 37.0. The van der Waals surface area contributed by atoms with Gasteiger partial charge in [-0.15, -0.1) is 0 Å². The number of amides is 1. The SMILES string of the molecule is COC(=O)/C(=C/c1ccccc1)NC(=O)C[C@@](C)(O)CC(=O)O[C@H]1[C@H](OC(C)=O)C[C@]2(C)C3=C(CC[C@H]2C1(C)C)[C@]1(C)CC[C@H]([C@H]2CC[C@H](C(C)(C)O)O[C@@H]2O)[C@@]1(C)[C@@H](O)C3. The Morgan fingerprint density at radius 2 is 1.59 bits per heavy atom. The largest absolute Gasteiger partial charge is 0.464 e. The van der Waals surface area contributed by atoms with Crippen molar-refractivity contribution in [2.75, 3.05) is 7.11 Å². The van der Waals surface area contributed by atoms with Gasteiger partial charge in [0.15, 0.2) is 6.29 Å². The molecule has 0 bridgehead atoms. The minimum Gasteiger partial charge on any atom is -0.464 e. The summed E-state index contributed by atoms with van der Waals surface area (Å²) in [4.78, 5) is 52.2. The van der Waals surface area contributed by atoms with E-state index in [-0.39, 0.29) is 28.9 Å². The summed E-state index contributed by atoms with van der Waals surface area (Å²) in [5.41, 5.74) is -2.09. The molecule has 0 spiro atoms. The Bertz CT molecular complexity index is 1920. The molecule has 6 rings (SSSR count). The van der Waals surface area contributed by atoms with E-state index in [1.54, 1.807) is 38.1 Å². The molecule has 13 heteroatoms. The summed E-state index contributed by atoms with van der Waals surface area (Å²) in [6, 6.07) is 8.86. The van der Waals surface area contributed by atoms with E-state index < -0.39 is 94.8 Å². The van der Waals surface area contributed by atoms with Crippen LogP contribution in [0.4, 0.5) is 0 Å². The van der Waals surface area contributed by atoms with Gasteiger partial charge in [-0.05, 0) is 106 Å². The lowest BCUT2D eigenvalue weighted by Gasteiger charge is -2.64. The van der Waals surface area contributed by atoms with E-state index in [1.165, 1.54) is 38.2 Å². The zero-order chi connectivity index (χ0) is 45.1. The van der Waals surface area contributed by atoms with Crippen LogP contribution in [0.1, 0.15) is 132 Å². The highest BCUT2D eigenvalue weighted by atomic mass is 16.6. The first-order chi connectivity index (χ1) is 28.3. The van der Waals surface area contributed by atoms with E-state index in [0.717, 1.165) is 25.7 Å². The molecular weight excluding hydrogens is 783 g/mol. The topological polar surface area (TPSA) is 198 Å². The number of aliphatic hydroxyl groups excluding tert-OH is 2. The molecular formula is C48H69NO12. The molecule has 5 aliphatic rings. The van der Waals surface area contributed by atoms with Gasteiger partial charge in [-0.3, -0.25) is 14.4 Å². The van der Waals surface area contributed by atoms with Crippen molar-refractivity contribution < 1.29 is 58.6 Å². The number of hydrogen-bond acceptors (Lipinski definition) is 12. The van der Waals surface area contributed by atoms with Gasteiger partial charge in [0.05, 0.1) is 43.4 Å². The maximum atomic E-state index is 13.8. The molecule has 5 N–H and O–H groups in total. The molecule has 61 heavy (non-hydrogen) atoms. The zero-order valence-electron chi connectivity index (χ0n) is 37.7. The van der Waals surface area contributed by atoms with Gasteiger partial charge in [-0.1, -0.05) is 76.1 Å². The molecule has 13 nitrogen and oxygen atoms in total. The van der Waals surface area contributed by atoms with E-state index in [4.69, 9.17) is 18.9 Å². The second-order valence-corrected chi connectivity index (χ2v) is 20.8. The number of carbonyl (C=O) groups excluding carboxylic acids is 4. The van der Waals surface area contributed by atoms with E-state index in [2.05, 4.69) is 26.1 Å². The second-order valence-electron chi connectivity index (χ2n) is 20.8. The Morgan fingerprint density at radius 3 is 2.20 bits per heavy atom. The lowest BCUT2D eigenvalue weighted by atomic mass is 9.42. The molecule has 338 valence electrons. The lowest BCUT2D eigenvalue weighted by molar-refractivity contribution is -0.251. The predicted molar refractivity (Wildman–Crippen MR) is 226 cm³/mol. The highest BCUT2D eigenvalue weighted by Crippen LogP contribution is 2.73. The van der Waals surface area contributed by atoms with Gasteiger partial charge in [-0.25, -0.2) is 4.79 Å². The first kappa shape index (κ1) is 46.9. The number of nitrogens with one attached hydrogen (secondary N) is 1. The van der Waals surface area contributed by atoms with E-state index in [0.29, 0.717) is 31.2 Å². The third kappa shape index (κ3) is 8.71. The van der Waals surface area contributed by atoms with Crippen molar-refractivity contribution in [3.05, 3.63) is 52.7 Å². The van der Waals surface area contributed by atoms with Gasteiger partial charge in [0.2, 0.25) is 5.91 Å². The van der Waals surface area contributed by atoms with Crippen LogP contribution in [0.5, 0.6) is 0 Å². The molecule has 0 radical (unpaired) electrons. The standard InChI is InChI=1S/C48H69NO12/c1-27(50)59-34-24-46(7)32-23-36(51)48(9)30(29-16-19-37(44(4,5)56)60-41(29)54)20-21-47(48,8)31(32)17-18-35(46)43(2,3)40(34)61-39(53)26-45(6,57)25-38(52)49-33(42(55)58-10)22-28-14-12-11-13-15-28/h11-15,22,29-30,34-37,40-41,51,54,56-57H,16-21,23-26H2,1-10H3,(H,49,52)/b33-22-/t29-,30-,34-,35+,36+,37-,40+,41+,45-,46-,47+,48+/m1/s1. The van der Waals surface area contributed by atoms with Crippen molar-refractivity contribution in [3.8, 4) is 0 Å². The number of fused-ring (bicyclic) bond motifs is 4. The predicted octanol–water partition coefficient (Wildman–Crippen LogP) is 5.91. The van der Waals surface area contributed by atoms with Crippen LogP contribution in [-0.2, 0) is 38.1 Å². The lowest BCUT2D eigenvalue weighted by Crippen LogP contribution is -2.63. The van der Waals surface area contributed by atoms with Crippen LogP contribution in [0.2, 0.25) is 0 Å². The fourth-order valence-electron chi connectivity index (χ4n) is 12.9. The Morgan fingerprint density at radius 1 is 0.918 bits per heavy atom. The quantitative estimate of drug-likeness (QED) is 0.0766. The average molecular weight is 852 g/mol. The van der Waals surface area contributed by atoms with Gasteiger partial charge in [0.1, 0.15) is 17.9 Å². The first-order valence-electron chi connectivity index (χ1n) is 22.0. The number of rotatable bonds is 11. The van der Waals surface area contributed by atoms with E-state index in [1.807, 2.05) is 19.9 Å². The van der Waals surface area contributed by atoms with Crippen molar-refractivity contribution in [3.63, 3.8) is 0 Å². The molecule has 0 unspecified atom stereocenters. The minimum absolute atomic E-state index is 0.00541. The number of allylic oxidation sites excluding steroid dienone is 1. The fourth-order valence-corrected chi connectivity index (χ4v) is 12.9. The second kappa shape index (κ2) is 16.8. The Kier molecular flexibility index (Phi) is 12.9. The summed E-state index contributed by atoms with van der Waals surface area (Å²) in [6.45, 7) is 16.8. The molecule has 4 aliphatic carbocycles. The highest BCUT2D eigenvalue weighted by Gasteiger charge is 2.69. The van der Waals surface area contributed by atoms with Gasteiger partial charge < -0.3 is 44.7 Å². The van der Waals surface area contributed by atoms with Crippen molar-refractivity contribution in [1.29, 1.82) is 0 Å². The van der Waals surface area contributed by atoms with Crippen molar-refractivity contribution in [2.24, 2.45) is 39.4 Å². The number of methoxy groups -OCH3 is 1. The molecule has 1 heterocycles. The number of hydrogen-bond donors (Lipinski definition) is 5. The van der Waals surface area contributed by atoms with E-state index >= 15 is 0 Å². The summed E-state index contributed by atoms with van der Waals surface area (Å²) in [7, 11) is 1.19. The Balaban J connectivity index is 1.21. The molecule has 3 fully saturated rings. The van der Waals surface area contributed by atoms with Crippen molar-refractivity contribution in [2.45, 2.75) is 168 Å². The maximum absolute atomic E-state index is 13.8. The van der Waals surface area contributed by atoms with Crippen LogP contribution in [0.15, 0.2) is 47.2 Å². The molecule has 1 aliphatic heterocycles. The summed E-state index contributed by atoms with van der Waals surface area (Å²) in [6.07, 6.45) is 1.73. The van der Waals surface area contributed by atoms with Gasteiger partial charge in [-0.2, -0.15) is 0 Å². The van der Waals surface area contributed by atoms with Gasteiger partial charge >= 0.3 is 17.9 Å². The molecule has 1 amide bonds. The summed E-state index contributed by atoms with van der Waals surface area (Å²) in [5.74, 6) is -3.00. The third-order valence-corrected chi connectivity index (χ3v) is 15.9. The number of carbonyl (C=O) groups is 4. The van der Waals surface area contributed by atoms with Crippen LogP contribution >= 0.6 is 0 Å². The Hall–Kier alpha value is -3.62. The number of ether oxygens (including phenoxy) is 4. The number of benzene rings is 1. The number of aliphatic hydroxyl groups is 4. The summed E-state index contributed by atoms with van der Waals surface area (Å²) in [5, 5.41) is 48.3. The van der Waals surface area contributed by atoms with Crippen molar-refractivity contribution in [1.82, 2.24) is 5.32 Å². The number of esters is 3. The molecule has 0 aromatic heterocycles. The van der Waals surface area contributed by atoms with Gasteiger partial charge in [0.25, 0.3) is 0 Å². The van der Waals surface area contributed by atoms with Crippen LogP contribution < -0.4 is 5.32 Å². The molecule has 2 saturated carbocycles.